The summed E-state index contributed by atoms with van der Waals surface area (Å²) < 4.78 is 7.34. The van der Waals surface area contributed by atoms with Gasteiger partial charge in [0.2, 0.25) is 5.95 Å². The predicted octanol–water partition coefficient (Wildman–Crippen LogP) is 4.10. The molecule has 2 aliphatic rings. The van der Waals surface area contributed by atoms with Gasteiger partial charge < -0.3 is 10.1 Å². The maximum absolute atomic E-state index is 13.8. The van der Waals surface area contributed by atoms with Gasteiger partial charge in [0.05, 0.1) is 18.6 Å². The Balaban J connectivity index is 1.39. The molecule has 5 rings (SSSR count). The summed E-state index contributed by atoms with van der Waals surface area (Å²) in [5.74, 6) is 0.724. The van der Waals surface area contributed by atoms with Crippen LogP contribution in [0.5, 0.6) is 0 Å². The molecule has 0 saturated carbocycles. The SMILES string of the molecule is O=c1c2c3c(sc2nc(NCCCN2CCOCC2)n1CCc1ccccc1)CCCCC3. The van der Waals surface area contributed by atoms with Crippen LogP contribution in [0.15, 0.2) is 35.1 Å². The summed E-state index contributed by atoms with van der Waals surface area (Å²) in [4.78, 5) is 23.5. The molecule has 0 atom stereocenters. The van der Waals surface area contributed by atoms with Crippen molar-refractivity contribution in [3.8, 4) is 0 Å². The van der Waals surface area contributed by atoms with E-state index in [1.807, 2.05) is 10.6 Å². The highest BCUT2D eigenvalue weighted by Gasteiger charge is 2.21. The highest BCUT2D eigenvalue weighted by atomic mass is 32.1. The molecule has 1 N–H and O–H groups in total. The number of hydrogen-bond acceptors (Lipinski definition) is 6. The molecule has 176 valence electrons. The monoisotopic (exact) mass is 466 g/mol. The van der Waals surface area contributed by atoms with Gasteiger partial charge >= 0.3 is 0 Å². The number of morpholine rings is 1. The Morgan fingerprint density at radius 3 is 2.70 bits per heavy atom. The van der Waals surface area contributed by atoms with E-state index >= 15 is 0 Å². The van der Waals surface area contributed by atoms with Gasteiger partial charge in [-0.15, -0.1) is 11.3 Å². The van der Waals surface area contributed by atoms with E-state index in [1.165, 1.54) is 35.3 Å². The molecule has 1 saturated heterocycles. The maximum atomic E-state index is 13.8. The minimum absolute atomic E-state index is 0.131. The molecule has 0 spiro atoms. The third-order valence-corrected chi connectivity index (χ3v) is 8.02. The molecule has 6 nitrogen and oxygen atoms in total. The minimum atomic E-state index is 0.131. The molecule has 1 fully saturated rings. The summed E-state index contributed by atoms with van der Waals surface area (Å²) in [6, 6.07) is 10.4. The van der Waals surface area contributed by atoms with Crippen LogP contribution in [0, 0.1) is 0 Å². The first-order valence-corrected chi connectivity index (χ1v) is 13.2. The van der Waals surface area contributed by atoms with Crippen LogP contribution in [0.2, 0.25) is 0 Å². The van der Waals surface area contributed by atoms with Crippen molar-refractivity contribution in [2.24, 2.45) is 0 Å². The molecular formula is C26H34N4O2S. The fraction of sp³-hybridized carbons (Fsp3) is 0.538. The smallest absolute Gasteiger partial charge is 0.263 e. The van der Waals surface area contributed by atoms with Crippen molar-refractivity contribution in [3.05, 3.63) is 56.7 Å². The van der Waals surface area contributed by atoms with Crippen LogP contribution < -0.4 is 10.9 Å². The Morgan fingerprint density at radius 1 is 1.03 bits per heavy atom. The Bertz CT molecular complexity index is 1120. The van der Waals surface area contributed by atoms with Gasteiger partial charge in [0, 0.05) is 31.1 Å². The number of nitrogens with zero attached hydrogens (tertiary/aromatic N) is 3. The van der Waals surface area contributed by atoms with Crippen LogP contribution in [-0.2, 0) is 30.5 Å². The van der Waals surface area contributed by atoms with Crippen LogP contribution in [-0.4, -0.2) is 53.8 Å². The number of aromatic nitrogens is 2. The highest BCUT2D eigenvalue weighted by molar-refractivity contribution is 7.18. The predicted molar refractivity (Wildman–Crippen MR) is 136 cm³/mol. The Morgan fingerprint density at radius 2 is 1.85 bits per heavy atom. The average Bonchev–Trinajstić information content (AvgIpc) is 3.04. The standard InChI is InChI=1S/C26H34N4O2S/c31-25-23-21-10-5-2-6-11-22(21)33-24(23)28-26(27-13-7-14-29-16-18-32-19-17-29)30(25)15-12-20-8-3-1-4-9-20/h1,3-4,8-9H,2,5-7,10-19H2,(H,27,28). The largest absolute Gasteiger partial charge is 0.379 e. The van der Waals surface area contributed by atoms with Crippen LogP contribution >= 0.6 is 11.3 Å². The van der Waals surface area contributed by atoms with Gasteiger partial charge in [-0.05, 0) is 56.2 Å². The van der Waals surface area contributed by atoms with E-state index in [2.05, 4.69) is 34.5 Å². The van der Waals surface area contributed by atoms with E-state index in [-0.39, 0.29) is 5.56 Å². The van der Waals surface area contributed by atoms with Crippen LogP contribution in [0.1, 0.15) is 41.7 Å². The van der Waals surface area contributed by atoms with Crippen LogP contribution in [0.3, 0.4) is 0 Å². The van der Waals surface area contributed by atoms with Crippen molar-refractivity contribution < 1.29 is 4.74 Å². The number of aryl methyl sites for hydroxylation is 3. The van der Waals surface area contributed by atoms with Gasteiger partial charge in [-0.1, -0.05) is 36.8 Å². The lowest BCUT2D eigenvalue weighted by Gasteiger charge is -2.26. The summed E-state index contributed by atoms with van der Waals surface area (Å²) in [5.41, 5.74) is 2.65. The molecule has 1 aromatic carbocycles. The van der Waals surface area contributed by atoms with Gasteiger partial charge in [-0.3, -0.25) is 14.3 Å². The minimum Gasteiger partial charge on any atom is -0.379 e. The van der Waals surface area contributed by atoms with E-state index in [0.29, 0.717) is 6.54 Å². The van der Waals surface area contributed by atoms with Crippen LogP contribution in [0.25, 0.3) is 10.2 Å². The molecular weight excluding hydrogens is 432 g/mol. The Hall–Kier alpha value is -2.22. The average molecular weight is 467 g/mol. The van der Waals surface area contributed by atoms with E-state index < -0.39 is 0 Å². The zero-order valence-corrected chi connectivity index (χ0v) is 20.2. The van der Waals surface area contributed by atoms with Gasteiger partial charge in [-0.25, -0.2) is 4.98 Å². The lowest BCUT2D eigenvalue weighted by Crippen LogP contribution is -2.37. The number of fused-ring (bicyclic) bond motifs is 3. The summed E-state index contributed by atoms with van der Waals surface area (Å²) in [6.07, 6.45) is 7.58. The number of rotatable bonds is 8. The summed E-state index contributed by atoms with van der Waals surface area (Å²) in [7, 11) is 0. The number of hydrogen-bond donors (Lipinski definition) is 1. The molecule has 3 aromatic rings. The third-order valence-electron chi connectivity index (χ3n) is 6.83. The van der Waals surface area contributed by atoms with Crippen molar-refractivity contribution in [1.29, 1.82) is 0 Å². The lowest BCUT2D eigenvalue weighted by atomic mass is 10.1. The molecule has 1 aliphatic carbocycles. The topological polar surface area (TPSA) is 59.4 Å². The van der Waals surface area contributed by atoms with Crippen molar-refractivity contribution in [2.45, 2.75) is 51.5 Å². The zero-order valence-electron chi connectivity index (χ0n) is 19.4. The van der Waals surface area contributed by atoms with Gasteiger partial charge in [0.15, 0.2) is 0 Å². The van der Waals surface area contributed by atoms with E-state index in [0.717, 1.165) is 81.2 Å². The van der Waals surface area contributed by atoms with E-state index in [4.69, 9.17) is 9.72 Å². The number of anilines is 1. The number of benzene rings is 1. The molecule has 33 heavy (non-hydrogen) atoms. The first-order chi connectivity index (χ1) is 16.3. The van der Waals surface area contributed by atoms with Gasteiger partial charge in [0.1, 0.15) is 4.83 Å². The summed E-state index contributed by atoms with van der Waals surface area (Å²) >= 11 is 1.74. The first kappa shape index (κ1) is 22.6. The Labute approximate surface area is 199 Å². The van der Waals surface area contributed by atoms with Crippen molar-refractivity contribution in [1.82, 2.24) is 14.5 Å². The first-order valence-electron chi connectivity index (χ1n) is 12.4. The molecule has 1 aliphatic heterocycles. The second-order valence-electron chi connectivity index (χ2n) is 9.11. The maximum Gasteiger partial charge on any atom is 0.263 e. The second-order valence-corrected chi connectivity index (χ2v) is 10.2. The fourth-order valence-electron chi connectivity index (χ4n) is 4.97. The van der Waals surface area contributed by atoms with Crippen molar-refractivity contribution in [3.63, 3.8) is 0 Å². The number of nitrogens with one attached hydrogen (secondary N) is 1. The number of thiophene rings is 1. The van der Waals surface area contributed by atoms with Gasteiger partial charge in [-0.2, -0.15) is 0 Å². The normalized spacial score (nSPS) is 17.1. The summed E-state index contributed by atoms with van der Waals surface area (Å²) in [5, 5.41) is 4.39. The second kappa shape index (κ2) is 10.8. The molecule has 3 heterocycles. The van der Waals surface area contributed by atoms with Crippen molar-refractivity contribution >= 4 is 27.5 Å². The van der Waals surface area contributed by atoms with Gasteiger partial charge in [0.25, 0.3) is 5.56 Å². The highest BCUT2D eigenvalue weighted by Crippen LogP contribution is 2.33. The lowest BCUT2D eigenvalue weighted by molar-refractivity contribution is 0.0378. The van der Waals surface area contributed by atoms with E-state index in [1.54, 1.807) is 11.3 Å². The number of ether oxygens (including phenoxy) is 1. The third kappa shape index (κ3) is 5.31. The molecule has 0 radical (unpaired) electrons. The molecule has 7 heteroatoms. The van der Waals surface area contributed by atoms with Crippen LogP contribution in [0.4, 0.5) is 5.95 Å². The molecule has 0 unspecified atom stereocenters. The molecule has 2 aromatic heterocycles. The zero-order chi connectivity index (χ0) is 22.5. The van der Waals surface area contributed by atoms with E-state index in [9.17, 15) is 4.79 Å². The fourth-order valence-corrected chi connectivity index (χ4v) is 6.22. The molecule has 0 amide bonds. The quantitative estimate of drug-likeness (QED) is 0.400. The van der Waals surface area contributed by atoms with Crippen molar-refractivity contribution in [2.75, 3.05) is 44.7 Å². The Kier molecular flexibility index (Phi) is 7.39. The molecule has 0 bridgehead atoms. The summed E-state index contributed by atoms with van der Waals surface area (Å²) in [6.45, 7) is 6.16.